The molecule has 0 aliphatic rings. The van der Waals surface area contributed by atoms with Gasteiger partial charge < -0.3 is 4.42 Å². The molecule has 0 bridgehead atoms. The first-order valence-corrected chi connectivity index (χ1v) is 7.72. The number of fused-ring (bicyclic) bond motifs is 5. The molecule has 0 spiro atoms. The number of para-hydroxylation sites is 1. The molecule has 0 saturated heterocycles. The monoisotopic (exact) mass is 290 g/mol. The first-order chi connectivity index (χ1) is 10.4. The van der Waals surface area contributed by atoms with Crippen molar-refractivity contribution in [3.63, 3.8) is 0 Å². The van der Waals surface area contributed by atoms with Gasteiger partial charge in [0.15, 0.2) is 0 Å². The Balaban J connectivity index is 0.000000254. The summed E-state index contributed by atoms with van der Waals surface area (Å²) in [7, 11) is 0. The van der Waals surface area contributed by atoms with E-state index in [0.717, 1.165) is 11.2 Å². The second-order valence-corrected chi connectivity index (χ2v) is 7.26. The summed E-state index contributed by atoms with van der Waals surface area (Å²) >= 11 is 0. The van der Waals surface area contributed by atoms with Gasteiger partial charge >= 0.3 is 0 Å². The lowest BCUT2D eigenvalue weighted by molar-refractivity contribution is 0.469. The van der Waals surface area contributed by atoms with Crippen LogP contribution in [0, 0.1) is 5.41 Å². The molecule has 0 aliphatic heterocycles. The first kappa shape index (κ1) is 14.6. The molecule has 0 aliphatic carbocycles. The molecule has 0 amide bonds. The predicted molar refractivity (Wildman–Crippen MR) is 96.4 cm³/mol. The molecule has 4 rings (SSSR count). The van der Waals surface area contributed by atoms with Gasteiger partial charge in [0.25, 0.3) is 0 Å². The maximum Gasteiger partial charge on any atom is 0.136 e. The summed E-state index contributed by atoms with van der Waals surface area (Å²) in [5.41, 5.74) is 2.42. The number of hydrogen-bond donors (Lipinski definition) is 0. The third-order valence-corrected chi connectivity index (χ3v) is 3.27. The Kier molecular flexibility index (Phi) is 3.66. The predicted octanol–water partition coefficient (Wildman–Crippen LogP) is 6.79. The van der Waals surface area contributed by atoms with Crippen LogP contribution < -0.4 is 0 Å². The smallest absolute Gasteiger partial charge is 0.136 e. The quantitative estimate of drug-likeness (QED) is 0.347. The van der Waals surface area contributed by atoms with Gasteiger partial charge in [-0.25, -0.2) is 0 Å². The Hall–Kier alpha value is -2.28. The van der Waals surface area contributed by atoms with E-state index < -0.39 is 0 Å². The van der Waals surface area contributed by atoms with Crippen molar-refractivity contribution in [3.05, 3.63) is 60.7 Å². The minimum Gasteiger partial charge on any atom is -0.456 e. The molecule has 22 heavy (non-hydrogen) atoms. The number of rotatable bonds is 0. The summed E-state index contributed by atoms with van der Waals surface area (Å²) in [5.74, 6) is 0. The molecule has 112 valence electrons. The highest BCUT2D eigenvalue weighted by Gasteiger charge is 2.08. The van der Waals surface area contributed by atoms with Crippen molar-refractivity contribution in [3.8, 4) is 0 Å². The Morgan fingerprint density at radius 2 is 1.23 bits per heavy atom. The lowest BCUT2D eigenvalue weighted by Gasteiger charge is -2.05. The highest BCUT2D eigenvalue weighted by Crippen LogP contribution is 2.34. The molecule has 1 heteroatoms. The summed E-state index contributed by atoms with van der Waals surface area (Å²) in [5, 5.41) is 4.93. The normalized spacial score (nSPS) is 11.6. The van der Waals surface area contributed by atoms with Gasteiger partial charge in [0, 0.05) is 10.8 Å². The highest BCUT2D eigenvalue weighted by molar-refractivity contribution is 6.18. The summed E-state index contributed by atoms with van der Waals surface area (Å²) in [4.78, 5) is 0. The Morgan fingerprint density at radius 1 is 0.636 bits per heavy atom. The summed E-state index contributed by atoms with van der Waals surface area (Å²) in [6.07, 6.45) is 0. The van der Waals surface area contributed by atoms with Crippen LogP contribution in [0.3, 0.4) is 0 Å². The van der Waals surface area contributed by atoms with Crippen LogP contribution in [0.25, 0.3) is 32.7 Å². The second-order valence-electron chi connectivity index (χ2n) is 7.26. The van der Waals surface area contributed by atoms with Gasteiger partial charge in [-0.05, 0) is 28.3 Å². The van der Waals surface area contributed by atoms with Crippen LogP contribution in [-0.4, -0.2) is 0 Å². The number of hydrogen-bond acceptors (Lipinski definition) is 1. The SMILES string of the molecule is CC(C)(C)C.c1ccc2c(c1)ccc1oc3ccccc3c12. The fraction of sp³-hybridized carbons (Fsp3) is 0.238. The summed E-state index contributed by atoms with van der Waals surface area (Å²) < 4.78 is 5.86. The standard InChI is InChI=1S/C16H10O.C5H12/c1-2-6-12-11(5-1)9-10-15-16(12)13-7-3-4-8-14(13)17-15;1-5(2,3)4/h1-10H;1-4H3. The van der Waals surface area contributed by atoms with Crippen molar-refractivity contribution in [1.29, 1.82) is 0 Å². The van der Waals surface area contributed by atoms with Gasteiger partial charge in [-0.3, -0.25) is 0 Å². The Labute approximate surface area is 131 Å². The van der Waals surface area contributed by atoms with E-state index in [-0.39, 0.29) is 0 Å². The van der Waals surface area contributed by atoms with Crippen LogP contribution in [0.2, 0.25) is 0 Å². The molecule has 1 nitrogen and oxygen atoms in total. The van der Waals surface area contributed by atoms with E-state index in [1.165, 1.54) is 21.5 Å². The molecule has 4 aromatic rings. The van der Waals surface area contributed by atoms with E-state index in [0.29, 0.717) is 5.41 Å². The molecular weight excluding hydrogens is 268 g/mol. The Bertz CT molecular complexity index is 911. The first-order valence-electron chi connectivity index (χ1n) is 7.72. The topological polar surface area (TPSA) is 13.1 Å². The van der Waals surface area contributed by atoms with Gasteiger partial charge in [-0.1, -0.05) is 76.2 Å². The zero-order valence-corrected chi connectivity index (χ0v) is 13.7. The number of benzene rings is 3. The minimum atomic E-state index is 0.500. The van der Waals surface area contributed by atoms with E-state index in [1.807, 2.05) is 12.1 Å². The third kappa shape index (κ3) is 2.99. The van der Waals surface area contributed by atoms with Crippen molar-refractivity contribution in [2.45, 2.75) is 27.7 Å². The summed E-state index contributed by atoms with van der Waals surface area (Å²) in [6.45, 7) is 8.75. The largest absolute Gasteiger partial charge is 0.456 e. The molecule has 0 saturated carbocycles. The van der Waals surface area contributed by atoms with Gasteiger partial charge in [0.05, 0.1) is 0 Å². The van der Waals surface area contributed by atoms with Crippen LogP contribution in [0.4, 0.5) is 0 Å². The third-order valence-electron chi connectivity index (χ3n) is 3.27. The van der Waals surface area contributed by atoms with E-state index >= 15 is 0 Å². The van der Waals surface area contributed by atoms with Crippen molar-refractivity contribution in [1.82, 2.24) is 0 Å². The summed E-state index contributed by atoms with van der Waals surface area (Å²) in [6, 6.07) is 20.8. The lowest BCUT2D eigenvalue weighted by Crippen LogP contribution is -1.93. The number of furan rings is 1. The Morgan fingerprint density at radius 3 is 1.95 bits per heavy atom. The molecule has 0 radical (unpaired) electrons. The molecule has 3 aromatic carbocycles. The van der Waals surface area contributed by atoms with E-state index in [9.17, 15) is 0 Å². The van der Waals surface area contributed by atoms with E-state index in [4.69, 9.17) is 4.42 Å². The van der Waals surface area contributed by atoms with Crippen LogP contribution >= 0.6 is 0 Å². The molecule has 0 fully saturated rings. The van der Waals surface area contributed by atoms with Crippen molar-refractivity contribution in [2.75, 3.05) is 0 Å². The fourth-order valence-electron chi connectivity index (χ4n) is 2.50. The molecule has 1 aromatic heterocycles. The van der Waals surface area contributed by atoms with Crippen LogP contribution in [-0.2, 0) is 0 Å². The molecular formula is C21H22O. The highest BCUT2D eigenvalue weighted by atomic mass is 16.3. The van der Waals surface area contributed by atoms with E-state index in [1.54, 1.807) is 0 Å². The average molecular weight is 290 g/mol. The van der Waals surface area contributed by atoms with Crippen LogP contribution in [0.5, 0.6) is 0 Å². The zero-order chi connectivity index (χ0) is 15.7. The molecule has 1 heterocycles. The van der Waals surface area contributed by atoms with Crippen molar-refractivity contribution >= 4 is 32.7 Å². The average Bonchev–Trinajstić information content (AvgIpc) is 2.84. The second kappa shape index (κ2) is 5.49. The molecule has 0 unspecified atom stereocenters. The van der Waals surface area contributed by atoms with Gasteiger partial charge in [0.2, 0.25) is 0 Å². The minimum absolute atomic E-state index is 0.500. The molecule has 0 N–H and O–H groups in total. The zero-order valence-electron chi connectivity index (χ0n) is 13.7. The van der Waals surface area contributed by atoms with Crippen LogP contribution in [0.1, 0.15) is 27.7 Å². The van der Waals surface area contributed by atoms with Gasteiger partial charge in [0.1, 0.15) is 11.2 Å². The van der Waals surface area contributed by atoms with E-state index in [2.05, 4.69) is 76.2 Å². The van der Waals surface area contributed by atoms with Crippen LogP contribution in [0.15, 0.2) is 65.1 Å². The van der Waals surface area contributed by atoms with Crippen molar-refractivity contribution in [2.24, 2.45) is 5.41 Å². The van der Waals surface area contributed by atoms with Crippen molar-refractivity contribution < 1.29 is 4.42 Å². The molecule has 0 atom stereocenters. The van der Waals surface area contributed by atoms with Gasteiger partial charge in [-0.15, -0.1) is 0 Å². The van der Waals surface area contributed by atoms with Gasteiger partial charge in [-0.2, -0.15) is 0 Å². The fourth-order valence-corrected chi connectivity index (χ4v) is 2.50. The maximum absolute atomic E-state index is 5.86. The maximum atomic E-state index is 5.86. The lowest BCUT2D eigenvalue weighted by atomic mass is 10.0.